The van der Waals surface area contributed by atoms with Gasteiger partial charge in [0.05, 0.1) is 17.1 Å². The lowest BCUT2D eigenvalue weighted by Gasteiger charge is -2.27. The maximum Gasteiger partial charge on any atom is 0.331 e. The molecule has 1 aliphatic rings. The molecule has 2 aromatic heterocycles. The minimum absolute atomic E-state index is 0.0729. The molecule has 1 atom stereocenters. The summed E-state index contributed by atoms with van der Waals surface area (Å²) in [6.45, 7) is 3.11. The van der Waals surface area contributed by atoms with E-state index in [1.165, 1.54) is 19.1 Å². The summed E-state index contributed by atoms with van der Waals surface area (Å²) < 4.78 is 14.1. The predicted molar refractivity (Wildman–Crippen MR) is 110 cm³/mol. The summed E-state index contributed by atoms with van der Waals surface area (Å²) in [6, 6.07) is 8.41. The van der Waals surface area contributed by atoms with Gasteiger partial charge in [-0.15, -0.1) is 0 Å². The van der Waals surface area contributed by atoms with E-state index in [9.17, 15) is 9.18 Å². The molecule has 3 aromatic rings. The zero-order valence-electron chi connectivity index (χ0n) is 16.6. The third-order valence-electron chi connectivity index (χ3n) is 5.06. The summed E-state index contributed by atoms with van der Waals surface area (Å²) in [6.07, 6.45) is 4.42. The number of nitrogens with two attached hydrogens (primary N) is 1. The summed E-state index contributed by atoms with van der Waals surface area (Å²) in [4.78, 5) is 29.1. The highest BCUT2D eigenvalue weighted by Crippen LogP contribution is 2.38. The number of oxime groups is 1. The minimum Gasteiger partial charge on any atom is -0.368 e. The van der Waals surface area contributed by atoms with Gasteiger partial charge in [0.25, 0.3) is 0 Å². The highest BCUT2D eigenvalue weighted by Gasteiger charge is 2.30. The average molecular weight is 405 g/mol. The highest BCUT2D eigenvalue weighted by atomic mass is 19.1. The third kappa shape index (κ3) is 3.89. The standard InChI is InChI=1S/C22H20FN5O2/c1-12-21-19(27-22(24)26-12)8-15(9-20(21)28-30-13(2)29)17-6-5-16(23)10-18(17)14-4-3-7-25-11-14/h3-7,10-11,15H,8-9H2,1-2H3,(H2,24,26,27). The van der Waals surface area contributed by atoms with Crippen molar-refractivity contribution in [2.75, 3.05) is 5.73 Å². The Labute approximate surface area is 172 Å². The second-order valence-electron chi connectivity index (χ2n) is 7.19. The smallest absolute Gasteiger partial charge is 0.331 e. The van der Waals surface area contributed by atoms with E-state index in [4.69, 9.17) is 10.6 Å². The SMILES string of the molecule is CC(=O)ON=C1CC(c2ccc(F)cc2-c2cccnc2)Cc2nc(N)nc(C)c21. The van der Waals surface area contributed by atoms with Crippen LogP contribution in [0.5, 0.6) is 0 Å². The molecular weight excluding hydrogens is 385 g/mol. The maximum absolute atomic E-state index is 14.1. The van der Waals surface area contributed by atoms with Crippen molar-refractivity contribution in [1.29, 1.82) is 0 Å². The van der Waals surface area contributed by atoms with Gasteiger partial charge in [-0.25, -0.2) is 19.2 Å². The third-order valence-corrected chi connectivity index (χ3v) is 5.06. The van der Waals surface area contributed by atoms with Crippen LogP contribution in [0.4, 0.5) is 10.3 Å². The molecule has 7 nitrogen and oxygen atoms in total. The van der Waals surface area contributed by atoms with Gasteiger partial charge in [-0.3, -0.25) is 4.98 Å². The van der Waals surface area contributed by atoms with Crippen molar-refractivity contribution in [2.24, 2.45) is 5.16 Å². The van der Waals surface area contributed by atoms with Crippen LogP contribution in [0.2, 0.25) is 0 Å². The summed E-state index contributed by atoms with van der Waals surface area (Å²) >= 11 is 0. The van der Waals surface area contributed by atoms with E-state index >= 15 is 0 Å². The van der Waals surface area contributed by atoms with Crippen LogP contribution in [-0.2, 0) is 16.1 Å². The number of aryl methyl sites for hydroxylation is 1. The van der Waals surface area contributed by atoms with E-state index in [0.29, 0.717) is 24.2 Å². The first-order valence-electron chi connectivity index (χ1n) is 9.50. The first-order chi connectivity index (χ1) is 14.4. The minimum atomic E-state index is -0.516. The van der Waals surface area contributed by atoms with Gasteiger partial charge in [-0.2, -0.15) is 0 Å². The number of halogens is 1. The summed E-state index contributed by atoms with van der Waals surface area (Å²) in [5, 5.41) is 4.07. The normalized spacial score (nSPS) is 16.9. The van der Waals surface area contributed by atoms with E-state index in [0.717, 1.165) is 27.9 Å². The monoisotopic (exact) mass is 405 g/mol. The summed E-state index contributed by atoms with van der Waals surface area (Å²) in [5.74, 6) is -0.746. The van der Waals surface area contributed by atoms with Crippen LogP contribution in [0.1, 0.15) is 41.8 Å². The average Bonchev–Trinajstić information content (AvgIpc) is 2.72. The summed E-state index contributed by atoms with van der Waals surface area (Å²) in [7, 11) is 0. The molecule has 152 valence electrons. The Morgan fingerprint density at radius 2 is 2.10 bits per heavy atom. The molecule has 1 unspecified atom stereocenters. The van der Waals surface area contributed by atoms with Crippen molar-refractivity contribution in [3.8, 4) is 11.1 Å². The molecule has 2 heterocycles. The van der Waals surface area contributed by atoms with Gasteiger partial charge in [-0.05, 0) is 48.6 Å². The lowest BCUT2D eigenvalue weighted by molar-refractivity contribution is -0.140. The molecule has 0 spiro atoms. The molecule has 2 N–H and O–H groups in total. The molecule has 0 bridgehead atoms. The highest BCUT2D eigenvalue weighted by molar-refractivity contribution is 6.04. The Balaban J connectivity index is 1.83. The number of aromatic nitrogens is 3. The Hall–Kier alpha value is -3.68. The molecule has 1 aromatic carbocycles. The van der Waals surface area contributed by atoms with Gasteiger partial charge < -0.3 is 10.6 Å². The zero-order valence-corrected chi connectivity index (χ0v) is 16.6. The van der Waals surface area contributed by atoms with Crippen LogP contribution >= 0.6 is 0 Å². The number of carbonyl (C=O) groups excluding carboxylic acids is 1. The van der Waals surface area contributed by atoms with Crippen molar-refractivity contribution in [3.63, 3.8) is 0 Å². The molecule has 30 heavy (non-hydrogen) atoms. The molecule has 0 aliphatic heterocycles. The van der Waals surface area contributed by atoms with Crippen molar-refractivity contribution in [3.05, 3.63) is 71.1 Å². The topological polar surface area (TPSA) is 103 Å². The molecule has 0 saturated carbocycles. The van der Waals surface area contributed by atoms with Crippen molar-refractivity contribution in [1.82, 2.24) is 15.0 Å². The van der Waals surface area contributed by atoms with E-state index in [-0.39, 0.29) is 17.7 Å². The quantitative estimate of drug-likeness (QED) is 0.528. The Kier molecular flexibility index (Phi) is 5.22. The second kappa shape index (κ2) is 7.98. The molecule has 0 amide bonds. The van der Waals surface area contributed by atoms with Crippen LogP contribution < -0.4 is 5.73 Å². The summed E-state index contributed by atoms with van der Waals surface area (Å²) in [5.41, 5.74) is 11.1. The first-order valence-corrected chi connectivity index (χ1v) is 9.50. The molecule has 0 radical (unpaired) electrons. The number of hydrogen-bond donors (Lipinski definition) is 1. The van der Waals surface area contributed by atoms with E-state index in [1.54, 1.807) is 18.5 Å². The zero-order chi connectivity index (χ0) is 21.3. The maximum atomic E-state index is 14.1. The number of fused-ring (bicyclic) bond motifs is 1. The largest absolute Gasteiger partial charge is 0.368 e. The fourth-order valence-electron chi connectivity index (χ4n) is 3.90. The van der Waals surface area contributed by atoms with Crippen LogP contribution in [0.15, 0.2) is 47.9 Å². The van der Waals surface area contributed by atoms with Crippen molar-refractivity contribution < 1.29 is 14.0 Å². The number of benzene rings is 1. The number of hydrogen-bond acceptors (Lipinski definition) is 7. The first kappa shape index (κ1) is 19.6. The second-order valence-corrected chi connectivity index (χ2v) is 7.19. The lowest BCUT2D eigenvalue weighted by atomic mass is 9.78. The van der Waals surface area contributed by atoms with E-state index < -0.39 is 5.97 Å². The van der Waals surface area contributed by atoms with E-state index in [1.807, 2.05) is 19.1 Å². The number of anilines is 1. The van der Waals surface area contributed by atoms with Crippen LogP contribution in [0.3, 0.4) is 0 Å². The van der Waals surface area contributed by atoms with E-state index in [2.05, 4.69) is 20.1 Å². The Morgan fingerprint density at radius 3 is 2.83 bits per heavy atom. The molecule has 0 fully saturated rings. The number of nitrogen functional groups attached to an aromatic ring is 1. The van der Waals surface area contributed by atoms with Gasteiger partial charge in [0, 0.05) is 36.9 Å². The Morgan fingerprint density at radius 1 is 1.27 bits per heavy atom. The fourth-order valence-corrected chi connectivity index (χ4v) is 3.90. The van der Waals surface area contributed by atoms with Crippen molar-refractivity contribution in [2.45, 2.75) is 32.6 Å². The van der Waals surface area contributed by atoms with Gasteiger partial charge in [0.15, 0.2) is 0 Å². The Bertz CT molecular complexity index is 1150. The lowest BCUT2D eigenvalue weighted by Crippen LogP contribution is -2.24. The van der Waals surface area contributed by atoms with Crippen molar-refractivity contribution >= 4 is 17.6 Å². The number of rotatable bonds is 3. The number of pyridine rings is 1. The molecule has 0 saturated heterocycles. The predicted octanol–water partition coefficient (Wildman–Crippen LogP) is 3.57. The van der Waals surface area contributed by atoms with Crippen LogP contribution in [0, 0.1) is 12.7 Å². The van der Waals surface area contributed by atoms with Crippen LogP contribution in [-0.4, -0.2) is 26.6 Å². The molecule has 1 aliphatic carbocycles. The van der Waals surface area contributed by atoms with Gasteiger partial charge in [0.2, 0.25) is 5.95 Å². The van der Waals surface area contributed by atoms with Gasteiger partial charge in [-0.1, -0.05) is 17.3 Å². The number of carbonyl (C=O) groups is 1. The molecular formula is C22H20FN5O2. The number of nitrogens with zero attached hydrogens (tertiary/aromatic N) is 4. The molecule has 8 heteroatoms. The van der Waals surface area contributed by atoms with Gasteiger partial charge >= 0.3 is 5.97 Å². The van der Waals surface area contributed by atoms with Gasteiger partial charge in [0.1, 0.15) is 5.82 Å². The molecule has 4 rings (SSSR count). The van der Waals surface area contributed by atoms with Crippen LogP contribution in [0.25, 0.3) is 11.1 Å². The fraction of sp³-hybridized carbons (Fsp3) is 0.227.